The first-order valence-electron chi connectivity index (χ1n) is 7.72. The van der Waals surface area contributed by atoms with E-state index >= 15 is 0 Å². The van der Waals surface area contributed by atoms with Crippen LogP contribution >= 0.6 is 0 Å². The molecule has 0 radical (unpaired) electrons. The van der Waals surface area contributed by atoms with Gasteiger partial charge in [-0.25, -0.2) is 4.79 Å². The maximum Gasteiger partial charge on any atom is 0.329 e. The molecule has 3 rings (SSSR count). The van der Waals surface area contributed by atoms with Crippen molar-refractivity contribution in [1.29, 1.82) is 0 Å². The van der Waals surface area contributed by atoms with Gasteiger partial charge in [0, 0.05) is 6.42 Å². The number of hydrogen-bond acceptors (Lipinski definition) is 6. The van der Waals surface area contributed by atoms with E-state index in [-0.39, 0.29) is 17.7 Å². The zero-order chi connectivity index (χ0) is 16.9. The molecule has 0 saturated heterocycles. The molecule has 6 heteroatoms. The molecule has 0 saturated carbocycles. The summed E-state index contributed by atoms with van der Waals surface area (Å²) in [5, 5.41) is 12.4. The summed E-state index contributed by atoms with van der Waals surface area (Å²) in [7, 11) is 0. The standard InChI is InChI=1S/C18H18N2O4/c1-2-23-17(22)15(11-12-7-9-13(21)10-8-12)20-18-19-14-5-3-4-6-16(14)24-18/h3-10,15,21H,2,11H2,1H3,(H,19,20)/t15-/m0/s1. The van der Waals surface area contributed by atoms with E-state index in [0.717, 1.165) is 5.56 Å². The van der Waals surface area contributed by atoms with E-state index in [4.69, 9.17) is 9.15 Å². The number of fused-ring (bicyclic) bond motifs is 1. The van der Waals surface area contributed by atoms with Crippen LogP contribution in [0.5, 0.6) is 5.75 Å². The number of nitrogens with one attached hydrogen (secondary N) is 1. The SMILES string of the molecule is CCOC(=O)[C@H](Cc1ccc(O)cc1)Nc1nc2ccccc2o1. The summed E-state index contributed by atoms with van der Waals surface area (Å²) in [5.41, 5.74) is 2.24. The summed E-state index contributed by atoms with van der Waals surface area (Å²) in [6, 6.07) is 13.7. The van der Waals surface area contributed by atoms with Crippen molar-refractivity contribution in [2.45, 2.75) is 19.4 Å². The number of hydrogen-bond donors (Lipinski definition) is 2. The summed E-state index contributed by atoms with van der Waals surface area (Å²) in [6.45, 7) is 2.05. The molecule has 1 atom stereocenters. The van der Waals surface area contributed by atoms with E-state index in [0.29, 0.717) is 24.1 Å². The van der Waals surface area contributed by atoms with Crippen molar-refractivity contribution in [1.82, 2.24) is 4.98 Å². The zero-order valence-corrected chi connectivity index (χ0v) is 13.2. The van der Waals surface area contributed by atoms with Crippen LogP contribution < -0.4 is 5.32 Å². The number of ether oxygens (including phenoxy) is 1. The molecule has 0 amide bonds. The maximum absolute atomic E-state index is 12.2. The molecule has 0 aliphatic rings. The van der Waals surface area contributed by atoms with Gasteiger partial charge in [0.2, 0.25) is 0 Å². The van der Waals surface area contributed by atoms with Crippen LogP contribution in [0.4, 0.5) is 6.01 Å². The Kier molecular flexibility index (Phi) is 4.65. The van der Waals surface area contributed by atoms with E-state index in [9.17, 15) is 9.90 Å². The molecular weight excluding hydrogens is 308 g/mol. The molecular formula is C18H18N2O4. The van der Waals surface area contributed by atoms with Gasteiger partial charge in [-0.15, -0.1) is 0 Å². The van der Waals surface area contributed by atoms with E-state index in [1.807, 2.05) is 24.3 Å². The van der Waals surface area contributed by atoms with Crippen molar-refractivity contribution in [3.05, 3.63) is 54.1 Å². The fraction of sp³-hybridized carbons (Fsp3) is 0.222. The minimum atomic E-state index is -0.637. The van der Waals surface area contributed by atoms with Gasteiger partial charge >= 0.3 is 5.97 Å². The highest BCUT2D eigenvalue weighted by molar-refractivity contribution is 5.80. The number of esters is 1. The van der Waals surface area contributed by atoms with E-state index in [2.05, 4.69) is 10.3 Å². The number of aromatic nitrogens is 1. The van der Waals surface area contributed by atoms with Gasteiger partial charge in [-0.2, -0.15) is 4.98 Å². The Balaban J connectivity index is 1.81. The molecule has 2 aromatic carbocycles. The monoisotopic (exact) mass is 326 g/mol. The highest BCUT2D eigenvalue weighted by atomic mass is 16.5. The van der Waals surface area contributed by atoms with Crippen LogP contribution in [-0.4, -0.2) is 28.7 Å². The first-order valence-corrected chi connectivity index (χ1v) is 7.72. The average molecular weight is 326 g/mol. The van der Waals surface area contributed by atoms with E-state index in [1.54, 1.807) is 31.2 Å². The third-order valence-corrected chi connectivity index (χ3v) is 3.54. The third kappa shape index (κ3) is 3.65. The minimum absolute atomic E-state index is 0.179. The first-order chi connectivity index (χ1) is 11.7. The van der Waals surface area contributed by atoms with Crippen molar-refractivity contribution >= 4 is 23.1 Å². The smallest absolute Gasteiger partial charge is 0.329 e. The fourth-order valence-electron chi connectivity index (χ4n) is 2.39. The number of carbonyl (C=O) groups is 1. The molecule has 3 aromatic rings. The van der Waals surface area contributed by atoms with Gasteiger partial charge in [-0.1, -0.05) is 24.3 Å². The van der Waals surface area contributed by atoms with Crippen molar-refractivity contribution in [2.24, 2.45) is 0 Å². The third-order valence-electron chi connectivity index (χ3n) is 3.54. The predicted octanol–water partition coefficient (Wildman–Crippen LogP) is 3.12. The van der Waals surface area contributed by atoms with Crippen molar-refractivity contribution in [3.8, 4) is 5.75 Å². The molecule has 0 aliphatic carbocycles. The lowest BCUT2D eigenvalue weighted by Crippen LogP contribution is -2.33. The molecule has 2 N–H and O–H groups in total. The Morgan fingerprint density at radius 1 is 1.25 bits per heavy atom. The lowest BCUT2D eigenvalue weighted by atomic mass is 10.1. The van der Waals surface area contributed by atoms with Crippen LogP contribution in [0.25, 0.3) is 11.1 Å². The molecule has 1 heterocycles. The molecule has 6 nitrogen and oxygen atoms in total. The van der Waals surface area contributed by atoms with Gasteiger partial charge in [-0.3, -0.25) is 0 Å². The average Bonchev–Trinajstić information content (AvgIpc) is 2.99. The Morgan fingerprint density at radius 2 is 2.00 bits per heavy atom. The number of carbonyl (C=O) groups excluding carboxylic acids is 1. The lowest BCUT2D eigenvalue weighted by molar-refractivity contribution is -0.144. The zero-order valence-electron chi connectivity index (χ0n) is 13.2. The van der Waals surface area contributed by atoms with Crippen LogP contribution in [0, 0.1) is 0 Å². The van der Waals surface area contributed by atoms with E-state index < -0.39 is 6.04 Å². The quantitative estimate of drug-likeness (QED) is 0.677. The number of para-hydroxylation sites is 2. The van der Waals surface area contributed by atoms with Crippen molar-refractivity contribution < 1.29 is 19.1 Å². The first kappa shape index (κ1) is 15.9. The van der Waals surface area contributed by atoms with Gasteiger partial charge in [0.25, 0.3) is 6.01 Å². The second kappa shape index (κ2) is 7.04. The van der Waals surface area contributed by atoms with E-state index in [1.165, 1.54) is 0 Å². The van der Waals surface area contributed by atoms with Gasteiger partial charge in [0.15, 0.2) is 5.58 Å². The normalized spacial score (nSPS) is 12.0. The summed E-state index contributed by atoms with van der Waals surface area (Å²) < 4.78 is 10.7. The Labute approximate surface area is 139 Å². The van der Waals surface area contributed by atoms with Gasteiger partial charge in [-0.05, 0) is 36.8 Å². The number of nitrogens with zero attached hydrogens (tertiary/aromatic N) is 1. The molecule has 0 spiro atoms. The number of phenolic OH excluding ortho intramolecular Hbond substituents is 1. The number of rotatable bonds is 6. The van der Waals surface area contributed by atoms with Crippen LogP contribution in [0.3, 0.4) is 0 Å². The molecule has 0 fully saturated rings. The Bertz CT molecular complexity index is 793. The molecule has 0 bridgehead atoms. The number of anilines is 1. The molecule has 24 heavy (non-hydrogen) atoms. The van der Waals surface area contributed by atoms with Gasteiger partial charge < -0.3 is 19.6 Å². The van der Waals surface area contributed by atoms with Crippen LogP contribution in [0.2, 0.25) is 0 Å². The van der Waals surface area contributed by atoms with Crippen molar-refractivity contribution in [2.75, 3.05) is 11.9 Å². The highest BCUT2D eigenvalue weighted by Gasteiger charge is 2.22. The Morgan fingerprint density at radius 3 is 2.71 bits per heavy atom. The summed E-state index contributed by atoms with van der Waals surface area (Å²) >= 11 is 0. The highest BCUT2D eigenvalue weighted by Crippen LogP contribution is 2.20. The van der Waals surface area contributed by atoms with Crippen LogP contribution in [0.1, 0.15) is 12.5 Å². The molecule has 0 unspecified atom stereocenters. The molecule has 124 valence electrons. The summed E-state index contributed by atoms with van der Waals surface area (Å²) in [5.74, 6) is -0.203. The number of oxazole rings is 1. The largest absolute Gasteiger partial charge is 0.508 e. The lowest BCUT2D eigenvalue weighted by Gasteiger charge is -2.16. The summed E-state index contributed by atoms with van der Waals surface area (Å²) in [6.07, 6.45) is 0.387. The second-order valence-corrected chi connectivity index (χ2v) is 5.31. The minimum Gasteiger partial charge on any atom is -0.508 e. The fourth-order valence-corrected chi connectivity index (χ4v) is 2.39. The van der Waals surface area contributed by atoms with Crippen molar-refractivity contribution in [3.63, 3.8) is 0 Å². The second-order valence-electron chi connectivity index (χ2n) is 5.31. The topological polar surface area (TPSA) is 84.6 Å². The number of benzene rings is 2. The summed E-state index contributed by atoms with van der Waals surface area (Å²) in [4.78, 5) is 16.6. The molecule has 1 aromatic heterocycles. The van der Waals surface area contributed by atoms with Crippen LogP contribution in [0.15, 0.2) is 52.9 Å². The van der Waals surface area contributed by atoms with Gasteiger partial charge in [0.1, 0.15) is 17.3 Å². The number of aromatic hydroxyl groups is 1. The van der Waals surface area contributed by atoms with Crippen LogP contribution in [-0.2, 0) is 16.0 Å². The Hall–Kier alpha value is -3.02. The van der Waals surface area contributed by atoms with Gasteiger partial charge in [0.05, 0.1) is 6.61 Å². The maximum atomic E-state index is 12.2. The number of phenols is 1. The molecule has 0 aliphatic heterocycles. The predicted molar refractivity (Wildman–Crippen MR) is 89.9 cm³/mol.